The van der Waals surface area contributed by atoms with Gasteiger partial charge in [0.2, 0.25) is 0 Å². The number of aromatic nitrogens is 1. The highest BCUT2D eigenvalue weighted by atomic mass is 16.5. The first-order chi connectivity index (χ1) is 12.5. The van der Waals surface area contributed by atoms with E-state index < -0.39 is 0 Å². The van der Waals surface area contributed by atoms with Crippen LogP contribution in [0.25, 0.3) is 10.9 Å². The van der Waals surface area contributed by atoms with Crippen molar-refractivity contribution in [1.82, 2.24) is 4.98 Å². The van der Waals surface area contributed by atoms with E-state index in [9.17, 15) is 4.79 Å². The lowest BCUT2D eigenvalue weighted by Gasteiger charge is -2.16. The molecule has 0 fully saturated rings. The number of anilines is 1. The Labute approximate surface area is 154 Å². The molecular weight excluding hydrogens is 324 g/mol. The van der Waals surface area contributed by atoms with Crippen molar-refractivity contribution in [3.05, 3.63) is 65.4 Å². The molecule has 1 N–H and O–H groups in total. The van der Waals surface area contributed by atoms with Crippen LogP contribution in [0.3, 0.4) is 0 Å². The first kappa shape index (κ1) is 17.9. The predicted octanol–water partition coefficient (Wildman–Crippen LogP) is 4.99. The lowest BCUT2D eigenvalue weighted by atomic mass is 9.98. The minimum atomic E-state index is -0.175. The Bertz CT molecular complexity index is 948. The number of benzene rings is 2. The number of aryl methyl sites for hydroxylation is 2. The van der Waals surface area contributed by atoms with E-state index in [-0.39, 0.29) is 12.5 Å². The first-order valence-electron chi connectivity index (χ1n) is 8.84. The van der Waals surface area contributed by atoms with Crippen LogP contribution in [-0.2, 0) is 4.79 Å². The summed E-state index contributed by atoms with van der Waals surface area (Å²) >= 11 is 0. The van der Waals surface area contributed by atoms with Gasteiger partial charge < -0.3 is 10.1 Å². The Kier molecular flexibility index (Phi) is 5.21. The molecule has 0 aliphatic carbocycles. The molecule has 0 atom stereocenters. The Hall–Kier alpha value is -2.88. The predicted molar refractivity (Wildman–Crippen MR) is 106 cm³/mol. The zero-order valence-electron chi connectivity index (χ0n) is 15.7. The molecule has 1 amide bonds. The number of fused-ring (bicyclic) bond motifs is 1. The normalized spacial score (nSPS) is 11.0. The minimum absolute atomic E-state index is 0.0550. The number of nitrogens with one attached hydrogen (secondary N) is 1. The molecule has 4 heteroatoms. The quantitative estimate of drug-likeness (QED) is 0.706. The van der Waals surface area contributed by atoms with Crippen LogP contribution in [0.2, 0.25) is 0 Å². The molecule has 3 aromatic rings. The minimum Gasteiger partial charge on any atom is -0.481 e. The second-order valence-corrected chi connectivity index (χ2v) is 6.81. The molecule has 0 spiro atoms. The van der Waals surface area contributed by atoms with Crippen molar-refractivity contribution >= 4 is 22.5 Å². The Morgan fingerprint density at radius 1 is 1.08 bits per heavy atom. The monoisotopic (exact) mass is 348 g/mol. The Balaban J connectivity index is 1.76. The van der Waals surface area contributed by atoms with Gasteiger partial charge in [0.1, 0.15) is 11.3 Å². The van der Waals surface area contributed by atoms with E-state index in [0.29, 0.717) is 11.7 Å². The van der Waals surface area contributed by atoms with E-state index in [1.54, 1.807) is 0 Å². The molecule has 0 saturated heterocycles. The number of ether oxygens (including phenoxy) is 1. The van der Waals surface area contributed by atoms with Crippen molar-refractivity contribution in [2.75, 3.05) is 11.9 Å². The van der Waals surface area contributed by atoms with Crippen molar-refractivity contribution < 1.29 is 9.53 Å². The van der Waals surface area contributed by atoms with E-state index in [4.69, 9.17) is 4.74 Å². The molecule has 0 bridgehead atoms. The van der Waals surface area contributed by atoms with Crippen molar-refractivity contribution in [3.8, 4) is 5.75 Å². The summed E-state index contributed by atoms with van der Waals surface area (Å²) in [6, 6.07) is 15.8. The number of hydrogen-bond acceptors (Lipinski definition) is 3. The second kappa shape index (κ2) is 7.56. The maximum absolute atomic E-state index is 12.5. The highest BCUT2D eigenvalue weighted by Crippen LogP contribution is 2.28. The molecular formula is C22H24N2O2. The summed E-state index contributed by atoms with van der Waals surface area (Å²) in [6.45, 7) is 8.12. The van der Waals surface area contributed by atoms with Gasteiger partial charge in [-0.15, -0.1) is 0 Å². The van der Waals surface area contributed by atoms with E-state index in [1.807, 2.05) is 62.4 Å². The fourth-order valence-electron chi connectivity index (χ4n) is 3.00. The Morgan fingerprint density at radius 2 is 1.85 bits per heavy atom. The zero-order chi connectivity index (χ0) is 18.7. The average molecular weight is 348 g/mol. The molecule has 0 aliphatic rings. The van der Waals surface area contributed by atoms with Crippen molar-refractivity contribution in [1.29, 1.82) is 0 Å². The second-order valence-electron chi connectivity index (χ2n) is 6.81. The van der Waals surface area contributed by atoms with Gasteiger partial charge >= 0.3 is 0 Å². The third-order valence-electron chi connectivity index (χ3n) is 4.37. The van der Waals surface area contributed by atoms with Gasteiger partial charge in [-0.05, 0) is 43.0 Å². The molecule has 134 valence electrons. The van der Waals surface area contributed by atoms with Gasteiger partial charge in [-0.3, -0.25) is 4.79 Å². The number of nitrogens with zero attached hydrogens (tertiary/aromatic N) is 1. The summed E-state index contributed by atoms with van der Waals surface area (Å²) in [5.41, 5.74) is 4.74. The van der Waals surface area contributed by atoms with Crippen LogP contribution < -0.4 is 10.1 Å². The van der Waals surface area contributed by atoms with Gasteiger partial charge in [0.15, 0.2) is 6.61 Å². The van der Waals surface area contributed by atoms with Gasteiger partial charge in [-0.25, -0.2) is 4.98 Å². The Morgan fingerprint density at radius 3 is 2.62 bits per heavy atom. The number of para-hydroxylation sites is 2. The molecule has 26 heavy (non-hydrogen) atoms. The van der Waals surface area contributed by atoms with E-state index >= 15 is 0 Å². The fourth-order valence-corrected chi connectivity index (χ4v) is 3.00. The van der Waals surface area contributed by atoms with E-state index in [2.05, 4.69) is 24.1 Å². The SMILES string of the molecule is Cc1ccc2cccc(OCC(=O)Nc3c(C)cccc3C(C)C)c2n1. The molecule has 0 aliphatic heterocycles. The lowest BCUT2D eigenvalue weighted by Crippen LogP contribution is -2.21. The van der Waals surface area contributed by atoms with Gasteiger partial charge in [-0.2, -0.15) is 0 Å². The van der Waals surface area contributed by atoms with Crippen molar-refractivity contribution in [2.45, 2.75) is 33.6 Å². The maximum atomic E-state index is 12.5. The molecule has 1 aromatic heterocycles. The first-order valence-corrected chi connectivity index (χ1v) is 8.84. The molecule has 2 aromatic carbocycles. The number of amides is 1. The summed E-state index contributed by atoms with van der Waals surface area (Å²) < 4.78 is 5.77. The van der Waals surface area contributed by atoms with Gasteiger partial charge in [0, 0.05) is 16.8 Å². The summed E-state index contributed by atoms with van der Waals surface area (Å²) in [4.78, 5) is 17.0. The van der Waals surface area contributed by atoms with Crippen molar-refractivity contribution in [2.24, 2.45) is 0 Å². The number of hydrogen-bond donors (Lipinski definition) is 1. The largest absolute Gasteiger partial charge is 0.481 e. The molecule has 0 radical (unpaired) electrons. The summed E-state index contributed by atoms with van der Waals surface area (Å²) in [7, 11) is 0. The van der Waals surface area contributed by atoms with Crippen LogP contribution >= 0.6 is 0 Å². The van der Waals surface area contributed by atoms with Gasteiger partial charge in [0.05, 0.1) is 0 Å². The van der Waals surface area contributed by atoms with Gasteiger partial charge in [0.25, 0.3) is 5.91 Å². The van der Waals surface area contributed by atoms with Crippen LogP contribution in [0.15, 0.2) is 48.5 Å². The van der Waals surface area contributed by atoms with Crippen molar-refractivity contribution in [3.63, 3.8) is 0 Å². The van der Waals surface area contributed by atoms with E-state index in [0.717, 1.165) is 33.4 Å². The van der Waals surface area contributed by atoms with Crippen LogP contribution in [0.5, 0.6) is 5.75 Å². The van der Waals surface area contributed by atoms with Gasteiger partial charge in [-0.1, -0.05) is 50.2 Å². The number of carbonyl (C=O) groups excluding carboxylic acids is 1. The number of rotatable bonds is 5. The summed E-state index contributed by atoms with van der Waals surface area (Å²) in [6.07, 6.45) is 0. The maximum Gasteiger partial charge on any atom is 0.262 e. The average Bonchev–Trinajstić information content (AvgIpc) is 2.61. The molecule has 4 nitrogen and oxygen atoms in total. The topological polar surface area (TPSA) is 51.2 Å². The summed E-state index contributed by atoms with van der Waals surface area (Å²) in [5, 5.41) is 4.00. The molecule has 0 saturated carbocycles. The van der Waals surface area contributed by atoms with Crippen LogP contribution in [0, 0.1) is 13.8 Å². The van der Waals surface area contributed by atoms with Crippen LogP contribution in [-0.4, -0.2) is 17.5 Å². The standard InChI is InChI=1S/C22H24N2O2/c1-14(2)18-9-5-7-15(3)21(18)24-20(25)13-26-19-10-6-8-17-12-11-16(4)23-22(17)19/h5-12,14H,13H2,1-4H3,(H,24,25). The molecule has 1 heterocycles. The number of pyridine rings is 1. The summed E-state index contributed by atoms with van der Waals surface area (Å²) in [5.74, 6) is 0.775. The highest BCUT2D eigenvalue weighted by Gasteiger charge is 2.13. The third-order valence-corrected chi connectivity index (χ3v) is 4.37. The van der Waals surface area contributed by atoms with Crippen LogP contribution in [0.1, 0.15) is 36.6 Å². The third kappa shape index (κ3) is 3.85. The lowest BCUT2D eigenvalue weighted by molar-refractivity contribution is -0.118. The zero-order valence-corrected chi connectivity index (χ0v) is 15.7. The highest BCUT2D eigenvalue weighted by molar-refractivity contribution is 5.94. The fraction of sp³-hybridized carbons (Fsp3) is 0.273. The van der Waals surface area contributed by atoms with Crippen LogP contribution in [0.4, 0.5) is 5.69 Å². The van der Waals surface area contributed by atoms with E-state index in [1.165, 1.54) is 0 Å². The smallest absolute Gasteiger partial charge is 0.262 e. The molecule has 0 unspecified atom stereocenters. The molecule has 3 rings (SSSR count). The number of carbonyl (C=O) groups is 1.